The first-order chi connectivity index (χ1) is 15.5. The fourth-order valence-corrected chi connectivity index (χ4v) is 4.02. The molecule has 32 heavy (non-hydrogen) atoms. The molecule has 0 radical (unpaired) electrons. The van der Waals surface area contributed by atoms with Crippen LogP contribution in [0.25, 0.3) is 10.8 Å². The van der Waals surface area contributed by atoms with E-state index in [1.54, 1.807) is 24.3 Å². The zero-order chi connectivity index (χ0) is 22.9. The van der Waals surface area contributed by atoms with Crippen molar-refractivity contribution >= 4 is 34.3 Å². The monoisotopic (exact) mass is 452 g/mol. The number of nitrogens with zero attached hydrogens (tertiary/aromatic N) is 2. The molecule has 0 aliphatic rings. The molecule has 0 spiro atoms. The number of aromatic nitrogens is 2. The van der Waals surface area contributed by atoms with Gasteiger partial charge in [-0.1, -0.05) is 67.8 Å². The number of benzene rings is 2. The first kappa shape index (κ1) is 23.5. The fourth-order valence-electron chi connectivity index (χ4n) is 3.23. The lowest BCUT2D eigenvalue weighted by molar-refractivity contribution is -0.119. The molecular formula is C24H28N4O3S. The van der Waals surface area contributed by atoms with E-state index in [1.165, 1.54) is 22.0 Å². The standard InChI is InChI=1S/C24H28N4O3S/c1-3-4-7-14-28-24(31)20-9-6-5-8-19(20)22(27-28)23(30)26-25-21(29)16-32-15-18-12-10-17(2)11-13-18/h5-6,8-13H,3-4,7,14-16H2,1-2H3,(H,25,29)(H,26,30). The molecule has 0 bridgehead atoms. The first-order valence-corrected chi connectivity index (χ1v) is 11.9. The number of amides is 2. The average Bonchev–Trinajstić information content (AvgIpc) is 2.80. The van der Waals surface area contributed by atoms with Gasteiger partial charge in [0.25, 0.3) is 11.5 Å². The molecule has 1 heterocycles. The highest BCUT2D eigenvalue weighted by molar-refractivity contribution is 7.99. The highest BCUT2D eigenvalue weighted by Crippen LogP contribution is 2.14. The number of hydrazine groups is 1. The van der Waals surface area contributed by atoms with E-state index in [0.717, 1.165) is 24.8 Å². The Morgan fingerprint density at radius 1 is 1.00 bits per heavy atom. The number of fused-ring (bicyclic) bond motifs is 1. The van der Waals surface area contributed by atoms with E-state index in [-0.39, 0.29) is 22.9 Å². The molecule has 2 aromatic carbocycles. The van der Waals surface area contributed by atoms with Gasteiger partial charge in [0.2, 0.25) is 5.91 Å². The summed E-state index contributed by atoms with van der Waals surface area (Å²) >= 11 is 1.46. The summed E-state index contributed by atoms with van der Waals surface area (Å²) < 4.78 is 1.34. The van der Waals surface area contributed by atoms with Crippen molar-refractivity contribution in [3.05, 3.63) is 75.7 Å². The van der Waals surface area contributed by atoms with E-state index in [4.69, 9.17) is 0 Å². The fraction of sp³-hybridized carbons (Fsp3) is 0.333. The smallest absolute Gasteiger partial charge is 0.272 e. The number of nitrogens with one attached hydrogen (secondary N) is 2. The van der Waals surface area contributed by atoms with Crippen LogP contribution in [-0.2, 0) is 17.1 Å². The number of unbranched alkanes of at least 4 members (excludes halogenated alkanes) is 2. The van der Waals surface area contributed by atoms with E-state index in [2.05, 4.69) is 22.9 Å². The number of rotatable bonds is 9. The predicted octanol–water partition coefficient (Wildman–Crippen LogP) is 3.59. The molecule has 168 valence electrons. The summed E-state index contributed by atoms with van der Waals surface area (Å²) in [7, 11) is 0. The zero-order valence-corrected chi connectivity index (χ0v) is 19.2. The number of carbonyl (C=O) groups is 2. The number of hydrogen-bond donors (Lipinski definition) is 2. The average molecular weight is 453 g/mol. The van der Waals surface area contributed by atoms with Crippen LogP contribution in [0.1, 0.15) is 47.8 Å². The summed E-state index contributed by atoms with van der Waals surface area (Å²) in [5, 5.41) is 5.19. The van der Waals surface area contributed by atoms with Crippen molar-refractivity contribution in [3.63, 3.8) is 0 Å². The van der Waals surface area contributed by atoms with Gasteiger partial charge in [0, 0.05) is 17.7 Å². The molecule has 0 aliphatic heterocycles. The second kappa shape index (κ2) is 11.5. The Bertz CT molecular complexity index is 1140. The van der Waals surface area contributed by atoms with Crippen LogP contribution in [0, 0.1) is 6.92 Å². The topological polar surface area (TPSA) is 93.1 Å². The zero-order valence-electron chi connectivity index (χ0n) is 18.4. The van der Waals surface area contributed by atoms with Crippen LogP contribution in [0.3, 0.4) is 0 Å². The molecule has 3 aromatic rings. The minimum atomic E-state index is -0.553. The summed E-state index contributed by atoms with van der Waals surface area (Å²) in [6, 6.07) is 15.0. The van der Waals surface area contributed by atoms with Gasteiger partial charge in [0.05, 0.1) is 11.1 Å². The third-order valence-electron chi connectivity index (χ3n) is 4.99. The molecule has 0 unspecified atom stereocenters. The SMILES string of the molecule is CCCCCn1nc(C(=O)NNC(=O)CSCc2ccc(C)cc2)c2ccccc2c1=O. The van der Waals surface area contributed by atoms with Gasteiger partial charge in [-0.2, -0.15) is 5.10 Å². The normalized spacial score (nSPS) is 10.8. The predicted molar refractivity (Wildman–Crippen MR) is 128 cm³/mol. The number of hydrogen-bond acceptors (Lipinski definition) is 5. The van der Waals surface area contributed by atoms with Gasteiger partial charge >= 0.3 is 0 Å². The molecule has 0 saturated heterocycles. The van der Waals surface area contributed by atoms with Gasteiger partial charge in [0.15, 0.2) is 5.69 Å². The molecule has 0 fully saturated rings. The highest BCUT2D eigenvalue weighted by atomic mass is 32.2. The Labute approximate surface area is 191 Å². The van der Waals surface area contributed by atoms with E-state index < -0.39 is 5.91 Å². The van der Waals surface area contributed by atoms with Crippen molar-refractivity contribution in [1.82, 2.24) is 20.6 Å². The minimum absolute atomic E-state index is 0.115. The van der Waals surface area contributed by atoms with E-state index in [0.29, 0.717) is 23.1 Å². The van der Waals surface area contributed by atoms with Crippen molar-refractivity contribution in [2.24, 2.45) is 0 Å². The maximum absolute atomic E-state index is 12.8. The van der Waals surface area contributed by atoms with Crippen LogP contribution in [-0.4, -0.2) is 27.3 Å². The van der Waals surface area contributed by atoms with Crippen LogP contribution < -0.4 is 16.4 Å². The molecule has 1 aromatic heterocycles. The van der Waals surface area contributed by atoms with Crippen molar-refractivity contribution < 1.29 is 9.59 Å². The molecule has 2 amide bonds. The largest absolute Gasteiger partial charge is 0.290 e. The highest BCUT2D eigenvalue weighted by Gasteiger charge is 2.17. The van der Waals surface area contributed by atoms with Crippen LogP contribution in [0.15, 0.2) is 53.3 Å². The Hall–Kier alpha value is -3.13. The van der Waals surface area contributed by atoms with Crippen molar-refractivity contribution in [2.45, 2.75) is 45.4 Å². The van der Waals surface area contributed by atoms with Gasteiger partial charge in [-0.25, -0.2) is 4.68 Å². The molecule has 0 atom stereocenters. The van der Waals surface area contributed by atoms with Gasteiger partial charge in [0.1, 0.15) is 0 Å². The number of carbonyl (C=O) groups excluding carboxylic acids is 2. The second-order valence-electron chi connectivity index (χ2n) is 7.61. The molecule has 7 nitrogen and oxygen atoms in total. The summed E-state index contributed by atoms with van der Waals surface area (Å²) in [5.74, 6) is 0.0495. The lowest BCUT2D eigenvalue weighted by Gasteiger charge is -2.12. The molecule has 3 rings (SSSR count). The quantitative estimate of drug-likeness (QED) is 0.382. The second-order valence-corrected chi connectivity index (χ2v) is 8.60. The third-order valence-corrected chi connectivity index (χ3v) is 6.00. The van der Waals surface area contributed by atoms with Crippen LogP contribution >= 0.6 is 11.8 Å². The Morgan fingerprint density at radius 3 is 2.44 bits per heavy atom. The third kappa shape index (κ3) is 6.20. The van der Waals surface area contributed by atoms with Gasteiger partial charge in [-0.15, -0.1) is 11.8 Å². The summed E-state index contributed by atoms with van der Waals surface area (Å²) in [6.07, 6.45) is 2.79. The van der Waals surface area contributed by atoms with E-state index in [1.807, 2.05) is 31.2 Å². The summed E-state index contributed by atoms with van der Waals surface area (Å²) in [4.78, 5) is 37.6. The molecular weight excluding hydrogens is 424 g/mol. The number of aryl methyl sites for hydroxylation is 2. The Balaban J connectivity index is 1.62. The Kier molecular flexibility index (Phi) is 8.44. The Morgan fingerprint density at radius 2 is 1.72 bits per heavy atom. The van der Waals surface area contributed by atoms with Crippen molar-refractivity contribution in [3.8, 4) is 0 Å². The number of thioether (sulfide) groups is 1. The van der Waals surface area contributed by atoms with Gasteiger partial charge in [-0.05, 0) is 25.0 Å². The molecule has 2 N–H and O–H groups in total. The molecule has 0 saturated carbocycles. The van der Waals surface area contributed by atoms with E-state index >= 15 is 0 Å². The first-order valence-electron chi connectivity index (χ1n) is 10.7. The minimum Gasteiger partial charge on any atom is -0.272 e. The molecule has 0 aliphatic carbocycles. The van der Waals surface area contributed by atoms with Crippen molar-refractivity contribution in [1.29, 1.82) is 0 Å². The van der Waals surface area contributed by atoms with Gasteiger partial charge in [-0.3, -0.25) is 25.2 Å². The van der Waals surface area contributed by atoms with Crippen molar-refractivity contribution in [2.75, 3.05) is 5.75 Å². The maximum atomic E-state index is 12.8. The van der Waals surface area contributed by atoms with Crippen LogP contribution in [0.2, 0.25) is 0 Å². The van der Waals surface area contributed by atoms with Crippen LogP contribution in [0.4, 0.5) is 0 Å². The van der Waals surface area contributed by atoms with Crippen LogP contribution in [0.5, 0.6) is 0 Å². The van der Waals surface area contributed by atoms with Gasteiger partial charge < -0.3 is 0 Å². The summed E-state index contributed by atoms with van der Waals surface area (Å²) in [5.41, 5.74) is 7.10. The lowest BCUT2D eigenvalue weighted by Crippen LogP contribution is -2.43. The molecule has 8 heteroatoms. The lowest BCUT2D eigenvalue weighted by atomic mass is 10.1. The maximum Gasteiger partial charge on any atom is 0.290 e. The van der Waals surface area contributed by atoms with E-state index in [9.17, 15) is 14.4 Å². The summed E-state index contributed by atoms with van der Waals surface area (Å²) in [6.45, 7) is 4.55.